The molecule has 0 amide bonds. The number of rotatable bonds is 4. The van der Waals surface area contributed by atoms with Gasteiger partial charge in [0.15, 0.2) is 6.33 Å². The second-order valence-corrected chi connectivity index (χ2v) is 7.92. The second kappa shape index (κ2) is 7.07. The normalized spacial score (nSPS) is 18.4. The minimum Gasteiger partial charge on any atom is -0.338 e. The van der Waals surface area contributed by atoms with Crippen molar-refractivity contribution < 1.29 is 4.52 Å². The highest BCUT2D eigenvalue weighted by Gasteiger charge is 2.27. The van der Waals surface area contributed by atoms with Crippen LogP contribution in [0.4, 0.5) is 0 Å². The Labute approximate surface area is 148 Å². The van der Waals surface area contributed by atoms with Crippen LogP contribution in [0, 0.1) is 5.92 Å². The van der Waals surface area contributed by atoms with Crippen molar-refractivity contribution in [1.29, 1.82) is 0 Å². The lowest BCUT2D eigenvalue weighted by Crippen LogP contribution is -2.38. The van der Waals surface area contributed by atoms with Crippen molar-refractivity contribution in [3.8, 4) is 0 Å². The van der Waals surface area contributed by atoms with E-state index < -0.39 is 0 Å². The van der Waals surface area contributed by atoms with E-state index in [9.17, 15) is 4.79 Å². The van der Waals surface area contributed by atoms with Gasteiger partial charge in [0.05, 0.1) is 11.7 Å². The van der Waals surface area contributed by atoms with E-state index in [2.05, 4.69) is 47.8 Å². The predicted molar refractivity (Wildman–Crippen MR) is 94.2 cm³/mol. The molecule has 0 spiro atoms. The van der Waals surface area contributed by atoms with E-state index >= 15 is 0 Å². The topological polar surface area (TPSA) is 77.1 Å². The number of aromatic nitrogens is 4. The van der Waals surface area contributed by atoms with E-state index in [0.717, 1.165) is 31.6 Å². The zero-order valence-corrected chi connectivity index (χ0v) is 15.5. The molecule has 7 nitrogen and oxygen atoms in total. The van der Waals surface area contributed by atoms with Crippen LogP contribution < -0.4 is 5.56 Å². The second-order valence-electron chi connectivity index (χ2n) is 7.92. The number of hydrogen-bond donors (Lipinski definition) is 0. The van der Waals surface area contributed by atoms with Gasteiger partial charge in [-0.15, -0.1) is 0 Å². The molecule has 2 aromatic heterocycles. The maximum atomic E-state index is 12.2. The molecule has 3 heterocycles. The van der Waals surface area contributed by atoms with Crippen LogP contribution in [0.15, 0.2) is 27.8 Å². The van der Waals surface area contributed by atoms with E-state index in [-0.39, 0.29) is 17.0 Å². The molecule has 0 N–H and O–H groups in total. The largest absolute Gasteiger partial charge is 0.338 e. The highest BCUT2D eigenvalue weighted by Crippen LogP contribution is 2.26. The van der Waals surface area contributed by atoms with Gasteiger partial charge in [0.25, 0.3) is 5.56 Å². The quantitative estimate of drug-likeness (QED) is 0.847. The Balaban J connectivity index is 1.62. The molecule has 1 saturated heterocycles. The molecule has 25 heavy (non-hydrogen) atoms. The van der Waals surface area contributed by atoms with Gasteiger partial charge in [0, 0.05) is 18.0 Å². The Hall–Kier alpha value is -2.02. The maximum Gasteiger partial charge on any atom is 0.266 e. The van der Waals surface area contributed by atoms with Gasteiger partial charge in [0.2, 0.25) is 5.89 Å². The van der Waals surface area contributed by atoms with E-state index in [1.165, 1.54) is 6.33 Å². The van der Waals surface area contributed by atoms with Gasteiger partial charge < -0.3 is 4.52 Å². The smallest absolute Gasteiger partial charge is 0.266 e. The van der Waals surface area contributed by atoms with Crippen molar-refractivity contribution in [1.82, 2.24) is 24.8 Å². The molecule has 0 saturated carbocycles. The Morgan fingerprint density at radius 1 is 1.28 bits per heavy atom. The maximum absolute atomic E-state index is 12.2. The standard InChI is InChI=1S/C18H27N5O2/c1-13(17-19-12-20-25-17)22-9-7-14(8-10-22)11-23-16(24)6-5-15(21-23)18(2,3)4/h5-6,12-14H,7-11H2,1-4H3. The monoisotopic (exact) mass is 345 g/mol. The minimum absolute atomic E-state index is 0.0188. The molecule has 136 valence electrons. The van der Waals surface area contributed by atoms with Crippen LogP contribution in [0.5, 0.6) is 0 Å². The van der Waals surface area contributed by atoms with Crippen molar-refractivity contribution in [2.45, 2.75) is 58.5 Å². The van der Waals surface area contributed by atoms with Crippen LogP contribution in [0.25, 0.3) is 0 Å². The number of hydrogen-bond acceptors (Lipinski definition) is 6. The van der Waals surface area contributed by atoms with E-state index in [0.29, 0.717) is 18.4 Å². The number of nitrogens with zero attached hydrogens (tertiary/aromatic N) is 5. The molecule has 1 aliphatic rings. The first-order chi connectivity index (χ1) is 11.8. The zero-order chi connectivity index (χ0) is 18.0. The molecule has 0 aromatic carbocycles. The molecule has 7 heteroatoms. The average molecular weight is 345 g/mol. The van der Waals surface area contributed by atoms with Crippen LogP contribution in [-0.4, -0.2) is 37.9 Å². The summed E-state index contributed by atoms with van der Waals surface area (Å²) in [7, 11) is 0. The van der Waals surface area contributed by atoms with Crippen LogP contribution in [-0.2, 0) is 12.0 Å². The molecular weight excluding hydrogens is 318 g/mol. The first-order valence-corrected chi connectivity index (χ1v) is 8.94. The van der Waals surface area contributed by atoms with Crippen LogP contribution in [0.2, 0.25) is 0 Å². The van der Waals surface area contributed by atoms with Crippen LogP contribution >= 0.6 is 0 Å². The van der Waals surface area contributed by atoms with Gasteiger partial charge in [-0.25, -0.2) is 4.68 Å². The number of piperidine rings is 1. The van der Waals surface area contributed by atoms with Crippen molar-refractivity contribution in [3.63, 3.8) is 0 Å². The van der Waals surface area contributed by atoms with E-state index in [1.807, 2.05) is 6.07 Å². The Morgan fingerprint density at radius 3 is 2.60 bits per heavy atom. The van der Waals surface area contributed by atoms with Crippen molar-refractivity contribution in [3.05, 3.63) is 40.4 Å². The molecule has 1 aliphatic heterocycles. The van der Waals surface area contributed by atoms with E-state index in [4.69, 9.17) is 4.52 Å². The lowest BCUT2D eigenvalue weighted by molar-refractivity contribution is 0.112. The van der Waals surface area contributed by atoms with Gasteiger partial charge in [-0.3, -0.25) is 9.69 Å². The fourth-order valence-corrected chi connectivity index (χ4v) is 3.27. The molecule has 0 aliphatic carbocycles. The van der Waals surface area contributed by atoms with Gasteiger partial charge >= 0.3 is 0 Å². The molecule has 0 radical (unpaired) electrons. The minimum atomic E-state index is -0.0572. The third kappa shape index (κ3) is 4.15. The molecular formula is C18H27N5O2. The highest BCUT2D eigenvalue weighted by atomic mass is 16.5. The summed E-state index contributed by atoms with van der Waals surface area (Å²) in [6.45, 7) is 11.0. The predicted octanol–water partition coefficient (Wildman–Crippen LogP) is 2.40. The molecule has 3 rings (SSSR count). The molecule has 0 bridgehead atoms. The molecule has 1 unspecified atom stereocenters. The summed E-state index contributed by atoms with van der Waals surface area (Å²) < 4.78 is 6.81. The summed E-state index contributed by atoms with van der Waals surface area (Å²) in [6, 6.07) is 3.61. The Morgan fingerprint density at radius 2 is 2.00 bits per heavy atom. The SMILES string of the molecule is CC(c1ncno1)N1CCC(Cn2nc(C(C)(C)C)ccc2=O)CC1. The van der Waals surface area contributed by atoms with Gasteiger partial charge in [-0.1, -0.05) is 25.9 Å². The van der Waals surface area contributed by atoms with Crippen molar-refractivity contribution >= 4 is 0 Å². The summed E-state index contributed by atoms with van der Waals surface area (Å²) in [5, 5.41) is 8.28. The lowest BCUT2D eigenvalue weighted by atomic mass is 9.92. The van der Waals surface area contributed by atoms with Crippen LogP contribution in [0.3, 0.4) is 0 Å². The molecule has 1 fully saturated rings. The third-order valence-corrected chi connectivity index (χ3v) is 5.00. The Kier molecular flexibility index (Phi) is 5.03. The summed E-state index contributed by atoms with van der Waals surface area (Å²) in [4.78, 5) is 18.7. The summed E-state index contributed by atoms with van der Waals surface area (Å²) in [5.74, 6) is 1.13. The Bertz CT molecular complexity index is 740. The number of likely N-dealkylation sites (tertiary alicyclic amines) is 1. The summed E-state index contributed by atoms with van der Waals surface area (Å²) in [5.41, 5.74) is 0.877. The van der Waals surface area contributed by atoms with E-state index in [1.54, 1.807) is 10.7 Å². The zero-order valence-electron chi connectivity index (χ0n) is 15.5. The molecule has 1 atom stereocenters. The first kappa shape index (κ1) is 17.8. The fraction of sp³-hybridized carbons (Fsp3) is 0.667. The van der Waals surface area contributed by atoms with Crippen molar-refractivity contribution in [2.24, 2.45) is 5.92 Å². The molecule has 2 aromatic rings. The van der Waals surface area contributed by atoms with Gasteiger partial charge in [-0.05, 0) is 44.8 Å². The van der Waals surface area contributed by atoms with Crippen LogP contribution in [0.1, 0.15) is 58.2 Å². The third-order valence-electron chi connectivity index (χ3n) is 5.00. The lowest BCUT2D eigenvalue weighted by Gasteiger charge is -2.34. The van der Waals surface area contributed by atoms with Gasteiger partial charge in [-0.2, -0.15) is 10.1 Å². The fourth-order valence-electron chi connectivity index (χ4n) is 3.27. The summed E-state index contributed by atoms with van der Waals surface area (Å²) in [6.07, 6.45) is 3.51. The highest BCUT2D eigenvalue weighted by molar-refractivity contribution is 5.10. The average Bonchev–Trinajstić information content (AvgIpc) is 3.10. The summed E-state index contributed by atoms with van der Waals surface area (Å²) >= 11 is 0. The van der Waals surface area contributed by atoms with Gasteiger partial charge in [0.1, 0.15) is 0 Å². The van der Waals surface area contributed by atoms with Crippen molar-refractivity contribution in [2.75, 3.05) is 13.1 Å². The first-order valence-electron chi connectivity index (χ1n) is 8.94.